The van der Waals surface area contributed by atoms with Crippen LogP contribution in [-0.2, 0) is 16.6 Å². The smallest absolute Gasteiger partial charge is 0.244 e. The fourth-order valence-corrected chi connectivity index (χ4v) is 6.03. The topological polar surface area (TPSA) is 80.1 Å². The van der Waals surface area contributed by atoms with Crippen LogP contribution in [0.1, 0.15) is 28.8 Å². The van der Waals surface area contributed by atoms with Crippen molar-refractivity contribution >= 4 is 15.8 Å². The Labute approximate surface area is 210 Å². The Morgan fingerprint density at radius 1 is 1.00 bits per heavy atom. The molecule has 1 N–H and O–H groups in total. The number of nitrogens with one attached hydrogen (secondary N) is 1. The molecule has 9 heteroatoms. The van der Waals surface area contributed by atoms with Gasteiger partial charge in [-0.05, 0) is 36.2 Å². The van der Waals surface area contributed by atoms with Gasteiger partial charge in [-0.25, -0.2) is 22.5 Å². The van der Waals surface area contributed by atoms with Crippen molar-refractivity contribution in [2.45, 2.75) is 36.5 Å². The molecule has 1 saturated heterocycles. The first-order chi connectivity index (χ1) is 17.4. The van der Waals surface area contributed by atoms with Crippen LogP contribution in [-0.4, -0.2) is 42.4 Å². The van der Waals surface area contributed by atoms with Gasteiger partial charge in [0.25, 0.3) is 0 Å². The van der Waals surface area contributed by atoms with Gasteiger partial charge in [-0.1, -0.05) is 60.7 Å². The first-order valence-corrected chi connectivity index (χ1v) is 13.4. The van der Waals surface area contributed by atoms with Crippen LogP contribution in [0.5, 0.6) is 0 Å². The SMILES string of the molecule is Cc1ccc(S(=O)(=O)NC(Cn2cccn2)c2ccccc2)c(N2C[C@@H](F)[C@@H](c3ccccc3)C2)n1. The molecule has 1 aliphatic rings. The van der Waals surface area contributed by atoms with Gasteiger partial charge >= 0.3 is 0 Å². The molecule has 2 aromatic carbocycles. The van der Waals surface area contributed by atoms with E-state index in [-0.39, 0.29) is 23.2 Å². The molecule has 5 rings (SSSR count). The molecule has 2 aromatic heterocycles. The van der Waals surface area contributed by atoms with Crippen LogP contribution < -0.4 is 9.62 Å². The summed E-state index contributed by atoms with van der Waals surface area (Å²) in [6.45, 7) is 2.54. The van der Waals surface area contributed by atoms with Gasteiger partial charge in [-0.15, -0.1) is 0 Å². The van der Waals surface area contributed by atoms with Gasteiger partial charge in [0, 0.05) is 30.6 Å². The number of hydrogen-bond donors (Lipinski definition) is 1. The Morgan fingerprint density at radius 3 is 2.42 bits per heavy atom. The summed E-state index contributed by atoms with van der Waals surface area (Å²) < 4.78 is 47.2. The summed E-state index contributed by atoms with van der Waals surface area (Å²) in [5, 5.41) is 4.24. The number of aromatic nitrogens is 3. The third-order valence-electron chi connectivity index (χ3n) is 6.47. The van der Waals surface area contributed by atoms with Crippen molar-refractivity contribution in [1.82, 2.24) is 19.5 Å². The quantitative estimate of drug-likeness (QED) is 0.387. The third-order valence-corrected chi connectivity index (χ3v) is 7.96. The summed E-state index contributed by atoms with van der Waals surface area (Å²) in [5.74, 6) is -0.0802. The van der Waals surface area contributed by atoms with Crippen LogP contribution >= 0.6 is 0 Å². The van der Waals surface area contributed by atoms with Crippen LogP contribution in [0.15, 0.2) is 96.2 Å². The van der Waals surface area contributed by atoms with Crippen LogP contribution in [0.3, 0.4) is 0 Å². The minimum Gasteiger partial charge on any atom is -0.352 e. The van der Waals surface area contributed by atoms with Gasteiger partial charge in [0.05, 0.1) is 19.1 Å². The summed E-state index contributed by atoms with van der Waals surface area (Å²) in [6.07, 6.45) is 2.32. The molecule has 4 aromatic rings. The molecule has 3 heterocycles. The molecule has 7 nitrogen and oxygen atoms in total. The highest BCUT2D eigenvalue weighted by Gasteiger charge is 2.37. The average molecular weight is 506 g/mol. The Balaban J connectivity index is 1.46. The highest BCUT2D eigenvalue weighted by atomic mass is 32.2. The molecule has 0 bridgehead atoms. The van der Waals surface area contributed by atoms with Crippen molar-refractivity contribution in [2.24, 2.45) is 0 Å². The van der Waals surface area contributed by atoms with E-state index < -0.39 is 22.2 Å². The minimum absolute atomic E-state index is 0.0374. The number of hydrogen-bond acceptors (Lipinski definition) is 5. The summed E-state index contributed by atoms with van der Waals surface area (Å²) in [7, 11) is -4.01. The normalized spacial score (nSPS) is 18.9. The molecule has 186 valence electrons. The molecule has 0 spiro atoms. The van der Waals surface area contributed by atoms with Gasteiger partial charge in [0.15, 0.2) is 0 Å². The number of rotatable bonds is 8. The zero-order valence-electron chi connectivity index (χ0n) is 19.9. The number of aryl methyl sites for hydroxylation is 1. The monoisotopic (exact) mass is 505 g/mol. The second-order valence-electron chi connectivity index (χ2n) is 9.03. The Bertz CT molecular complexity index is 1400. The molecular formula is C27H28FN5O2S. The van der Waals surface area contributed by atoms with Gasteiger partial charge in [-0.3, -0.25) is 4.68 Å². The zero-order valence-corrected chi connectivity index (χ0v) is 20.7. The van der Waals surface area contributed by atoms with E-state index in [0.29, 0.717) is 18.8 Å². The van der Waals surface area contributed by atoms with Gasteiger partial charge in [0.1, 0.15) is 16.9 Å². The third kappa shape index (κ3) is 5.17. The average Bonchev–Trinajstić information content (AvgIpc) is 3.54. The summed E-state index contributed by atoms with van der Waals surface area (Å²) in [4.78, 5) is 6.34. The number of benzene rings is 2. The Hall–Kier alpha value is -3.56. The predicted molar refractivity (Wildman–Crippen MR) is 137 cm³/mol. The Kier molecular flexibility index (Phi) is 6.84. The van der Waals surface area contributed by atoms with E-state index >= 15 is 4.39 Å². The van der Waals surface area contributed by atoms with Crippen molar-refractivity contribution in [3.63, 3.8) is 0 Å². The summed E-state index contributed by atoms with van der Waals surface area (Å²) in [5.41, 5.74) is 2.37. The standard InChI is InChI=1S/C27H28FN5O2S/c1-20-13-14-26(27(30-20)32-17-23(24(28)18-32)21-9-4-2-5-10-21)36(34,35)31-25(19-33-16-8-15-29-33)22-11-6-3-7-12-22/h2-16,23-25,31H,17-19H2,1H3/t23-,24-,25?/m1/s1. The maximum atomic E-state index is 15.1. The molecule has 0 radical (unpaired) electrons. The first kappa shape index (κ1) is 24.1. The maximum absolute atomic E-state index is 15.1. The first-order valence-electron chi connectivity index (χ1n) is 11.9. The predicted octanol–water partition coefficient (Wildman–Crippen LogP) is 4.25. The number of alkyl halides is 1. The van der Waals surface area contributed by atoms with E-state index in [9.17, 15) is 8.42 Å². The zero-order chi connectivity index (χ0) is 25.1. The molecule has 1 aliphatic heterocycles. The Morgan fingerprint density at radius 2 is 1.72 bits per heavy atom. The lowest BCUT2D eigenvalue weighted by molar-refractivity contribution is 0.333. The van der Waals surface area contributed by atoms with E-state index in [1.165, 1.54) is 0 Å². The highest BCUT2D eigenvalue weighted by molar-refractivity contribution is 7.89. The van der Waals surface area contributed by atoms with Crippen molar-refractivity contribution in [2.75, 3.05) is 18.0 Å². The molecule has 3 atom stereocenters. The van der Waals surface area contributed by atoms with Crippen molar-refractivity contribution in [3.05, 3.63) is 108 Å². The lowest BCUT2D eigenvalue weighted by Gasteiger charge is -2.24. The summed E-state index contributed by atoms with van der Waals surface area (Å²) in [6, 6.07) is 23.3. The molecule has 1 fully saturated rings. The molecule has 0 aliphatic carbocycles. The maximum Gasteiger partial charge on any atom is 0.244 e. The van der Waals surface area contributed by atoms with Crippen LogP contribution in [0.25, 0.3) is 0 Å². The number of pyridine rings is 1. The fraction of sp³-hybridized carbons (Fsp3) is 0.259. The fourth-order valence-electron chi connectivity index (χ4n) is 4.66. The lowest BCUT2D eigenvalue weighted by Crippen LogP contribution is -2.33. The van der Waals surface area contributed by atoms with Crippen molar-refractivity contribution < 1.29 is 12.8 Å². The molecule has 0 saturated carbocycles. The number of nitrogens with zero attached hydrogens (tertiary/aromatic N) is 4. The molecule has 36 heavy (non-hydrogen) atoms. The second kappa shape index (κ2) is 10.2. The number of anilines is 1. The van der Waals surface area contributed by atoms with Crippen LogP contribution in [0, 0.1) is 6.92 Å². The van der Waals surface area contributed by atoms with Crippen molar-refractivity contribution in [3.8, 4) is 0 Å². The number of sulfonamides is 1. The highest BCUT2D eigenvalue weighted by Crippen LogP contribution is 2.35. The van der Waals surface area contributed by atoms with E-state index in [2.05, 4.69) is 14.8 Å². The lowest BCUT2D eigenvalue weighted by atomic mass is 9.97. The van der Waals surface area contributed by atoms with Crippen LogP contribution in [0.2, 0.25) is 0 Å². The minimum atomic E-state index is -4.01. The molecular weight excluding hydrogens is 477 g/mol. The largest absolute Gasteiger partial charge is 0.352 e. The van der Waals surface area contributed by atoms with Gasteiger partial charge < -0.3 is 4.90 Å². The van der Waals surface area contributed by atoms with Crippen LogP contribution in [0.4, 0.5) is 10.2 Å². The van der Waals surface area contributed by atoms with Gasteiger partial charge in [-0.2, -0.15) is 5.10 Å². The summed E-state index contributed by atoms with van der Waals surface area (Å²) >= 11 is 0. The van der Waals surface area contributed by atoms with Gasteiger partial charge in [0.2, 0.25) is 10.0 Å². The van der Waals surface area contributed by atoms with E-state index in [4.69, 9.17) is 0 Å². The second-order valence-corrected chi connectivity index (χ2v) is 10.7. The molecule has 0 amide bonds. The number of halogens is 1. The van der Waals surface area contributed by atoms with Crippen molar-refractivity contribution in [1.29, 1.82) is 0 Å². The molecule has 1 unspecified atom stereocenters. The van der Waals surface area contributed by atoms with E-state index in [0.717, 1.165) is 11.1 Å². The van der Waals surface area contributed by atoms with E-state index in [1.807, 2.05) is 60.7 Å². The van der Waals surface area contributed by atoms with E-state index in [1.54, 1.807) is 47.1 Å².